The van der Waals surface area contributed by atoms with Gasteiger partial charge in [0.1, 0.15) is 11.3 Å². The molecule has 3 N–H and O–H groups in total. The molecule has 1 heterocycles. The predicted molar refractivity (Wildman–Crippen MR) is 118 cm³/mol. The number of amides is 2. The van der Waals surface area contributed by atoms with Crippen LogP contribution in [0.1, 0.15) is 18.0 Å². The van der Waals surface area contributed by atoms with Crippen molar-refractivity contribution >= 4 is 47.1 Å². The number of nitrogens with one attached hydrogen (secondary N) is 2. The molecule has 0 bridgehead atoms. The molecule has 3 aromatic rings. The summed E-state index contributed by atoms with van der Waals surface area (Å²) >= 11 is 0. The monoisotopic (exact) mass is 407 g/mol. The van der Waals surface area contributed by atoms with E-state index in [9.17, 15) is 14.7 Å². The van der Waals surface area contributed by atoms with Crippen molar-refractivity contribution in [1.82, 2.24) is 5.32 Å². The van der Waals surface area contributed by atoms with Gasteiger partial charge in [0, 0.05) is 41.7 Å². The van der Waals surface area contributed by atoms with Gasteiger partial charge in [-0.15, -0.1) is 0 Å². The summed E-state index contributed by atoms with van der Waals surface area (Å²) in [6, 6.07) is 26.2. The molecule has 30 heavy (non-hydrogen) atoms. The van der Waals surface area contributed by atoms with Crippen LogP contribution in [0.4, 0.5) is 5.69 Å². The van der Waals surface area contributed by atoms with Crippen molar-refractivity contribution in [1.29, 1.82) is 0 Å². The minimum Gasteiger partial charge on any atom is -0.511 e. The van der Waals surface area contributed by atoms with Crippen molar-refractivity contribution in [3.8, 4) is 11.1 Å². The molecular weight excluding hydrogens is 387 g/mol. The van der Waals surface area contributed by atoms with Crippen molar-refractivity contribution < 1.29 is 14.7 Å². The molecule has 0 aromatic heterocycles. The molecule has 5 nitrogen and oxygen atoms in total. The van der Waals surface area contributed by atoms with Gasteiger partial charge in [0.15, 0.2) is 0 Å². The summed E-state index contributed by atoms with van der Waals surface area (Å²) in [5, 5.41) is 15.9. The summed E-state index contributed by atoms with van der Waals surface area (Å²) in [6.07, 6.45) is 0.172. The molecule has 1 unspecified atom stereocenters. The van der Waals surface area contributed by atoms with Crippen LogP contribution in [0.15, 0.2) is 96.3 Å². The van der Waals surface area contributed by atoms with E-state index in [2.05, 4.69) is 10.6 Å². The van der Waals surface area contributed by atoms with Crippen molar-refractivity contribution in [2.75, 3.05) is 5.32 Å². The zero-order valence-corrected chi connectivity index (χ0v) is 18.6. The van der Waals surface area contributed by atoms with Crippen molar-refractivity contribution in [2.45, 2.75) is 12.5 Å². The first-order chi connectivity index (χ1) is 14.1. The average Bonchev–Trinajstić information content (AvgIpc) is 2.75. The molecule has 1 aliphatic rings. The second-order valence-corrected chi connectivity index (χ2v) is 6.86. The maximum Gasteiger partial charge on any atom is 0.264 e. The molecule has 0 spiro atoms. The largest absolute Gasteiger partial charge is 0.511 e. The summed E-state index contributed by atoms with van der Waals surface area (Å²) in [6.45, 7) is 0. The maximum atomic E-state index is 12.6. The Balaban J connectivity index is 0.00000256. The summed E-state index contributed by atoms with van der Waals surface area (Å²) in [5.41, 5.74) is 3.27. The van der Waals surface area contributed by atoms with Crippen LogP contribution >= 0.6 is 0 Å². The molecule has 1 atom stereocenters. The third kappa shape index (κ3) is 4.82. The van der Waals surface area contributed by atoms with Crippen LogP contribution in [-0.4, -0.2) is 46.5 Å². The topological polar surface area (TPSA) is 78.4 Å². The minimum absolute atomic E-state index is 0. The summed E-state index contributed by atoms with van der Waals surface area (Å²) < 4.78 is 0. The molecular formula is C24H20N2NaO3. The van der Waals surface area contributed by atoms with E-state index in [-0.39, 0.29) is 53.4 Å². The Bertz CT molecular complexity index is 1060. The Morgan fingerprint density at radius 1 is 0.867 bits per heavy atom. The van der Waals surface area contributed by atoms with E-state index in [1.807, 2.05) is 72.8 Å². The van der Waals surface area contributed by atoms with Crippen molar-refractivity contribution in [3.63, 3.8) is 0 Å². The molecule has 4 rings (SSSR count). The number of carbonyl (C=O) groups is 2. The quantitative estimate of drug-likeness (QED) is 0.452. The van der Waals surface area contributed by atoms with Gasteiger partial charge in [-0.25, -0.2) is 0 Å². The molecule has 0 aliphatic carbocycles. The number of hydrogen-bond donors (Lipinski definition) is 3. The van der Waals surface area contributed by atoms with Crippen molar-refractivity contribution in [2.24, 2.45) is 0 Å². The van der Waals surface area contributed by atoms with E-state index in [1.54, 1.807) is 12.1 Å². The summed E-state index contributed by atoms with van der Waals surface area (Å²) in [7, 11) is 0. The van der Waals surface area contributed by atoms with Crippen LogP contribution in [0.2, 0.25) is 0 Å². The average molecular weight is 407 g/mol. The van der Waals surface area contributed by atoms with Crippen LogP contribution < -0.4 is 10.6 Å². The van der Waals surface area contributed by atoms with Gasteiger partial charge in [-0.05, 0) is 28.8 Å². The fourth-order valence-corrected chi connectivity index (χ4v) is 3.40. The second-order valence-electron chi connectivity index (χ2n) is 6.86. The standard InChI is InChI=1S/C24H20N2O3.Na/c27-21-15-20(18-9-5-2-6-10-18)26-24(29)22(21)23(28)25-19-13-11-17(12-14-19)16-7-3-1-4-8-16;/h1-14,20,27H,15H2,(H,25,28)(H,26,29);. The van der Waals surface area contributed by atoms with Gasteiger partial charge in [-0.2, -0.15) is 0 Å². The fourth-order valence-electron chi connectivity index (χ4n) is 3.40. The van der Waals surface area contributed by atoms with Gasteiger partial charge in [0.05, 0.1) is 6.04 Å². The van der Waals surface area contributed by atoms with Gasteiger partial charge in [-0.3, -0.25) is 9.59 Å². The zero-order valence-electron chi connectivity index (χ0n) is 16.6. The van der Waals surface area contributed by atoms with Gasteiger partial charge in [-0.1, -0.05) is 72.8 Å². The zero-order chi connectivity index (χ0) is 20.2. The number of aliphatic hydroxyl groups is 1. The van der Waals surface area contributed by atoms with E-state index in [0.29, 0.717) is 5.69 Å². The normalized spacial score (nSPS) is 15.7. The van der Waals surface area contributed by atoms with E-state index in [0.717, 1.165) is 16.7 Å². The van der Waals surface area contributed by atoms with Crippen LogP contribution in [0.3, 0.4) is 0 Å². The number of hydrogen-bond acceptors (Lipinski definition) is 3. The Hall–Kier alpha value is -2.86. The van der Waals surface area contributed by atoms with E-state index >= 15 is 0 Å². The van der Waals surface area contributed by atoms with E-state index < -0.39 is 11.8 Å². The molecule has 6 heteroatoms. The second kappa shape index (κ2) is 9.76. The maximum absolute atomic E-state index is 12.6. The van der Waals surface area contributed by atoms with Gasteiger partial charge < -0.3 is 15.7 Å². The van der Waals surface area contributed by atoms with Crippen molar-refractivity contribution in [3.05, 3.63) is 102 Å². The van der Waals surface area contributed by atoms with Gasteiger partial charge in [0.2, 0.25) is 0 Å². The van der Waals surface area contributed by atoms with Crippen LogP contribution in [0, 0.1) is 0 Å². The fraction of sp³-hybridized carbons (Fsp3) is 0.0833. The predicted octanol–water partition coefficient (Wildman–Crippen LogP) is 3.98. The summed E-state index contributed by atoms with van der Waals surface area (Å²) in [5.74, 6) is -1.42. The number of carbonyl (C=O) groups excluding carboxylic acids is 2. The van der Waals surface area contributed by atoms with E-state index in [4.69, 9.17) is 0 Å². The Morgan fingerprint density at radius 2 is 1.43 bits per heavy atom. The molecule has 2 amide bonds. The van der Waals surface area contributed by atoms with Gasteiger partial charge in [0.25, 0.3) is 11.8 Å². The van der Waals surface area contributed by atoms with Crippen LogP contribution in [-0.2, 0) is 9.59 Å². The minimum atomic E-state index is -0.626. The SMILES string of the molecule is O=C(Nc1ccc(-c2ccccc2)cc1)C1=C(O)CC(c2ccccc2)NC1=O.[Na]. The molecule has 1 radical (unpaired) electrons. The Labute approximate surface area is 197 Å². The number of anilines is 1. The molecule has 0 fully saturated rings. The summed E-state index contributed by atoms with van der Waals surface area (Å²) in [4.78, 5) is 25.1. The first-order valence-corrected chi connectivity index (χ1v) is 9.36. The third-order valence-electron chi connectivity index (χ3n) is 4.90. The smallest absolute Gasteiger partial charge is 0.264 e. The number of benzene rings is 3. The first kappa shape index (κ1) is 21.8. The molecule has 145 valence electrons. The Kier molecular flexibility index (Phi) is 7.11. The van der Waals surface area contributed by atoms with Crippen LogP contribution in [0.5, 0.6) is 0 Å². The molecule has 1 aliphatic heterocycles. The number of aliphatic hydroxyl groups excluding tert-OH is 1. The van der Waals surface area contributed by atoms with Crippen LogP contribution in [0.25, 0.3) is 11.1 Å². The molecule has 0 saturated carbocycles. The molecule has 0 saturated heterocycles. The van der Waals surface area contributed by atoms with Gasteiger partial charge >= 0.3 is 0 Å². The first-order valence-electron chi connectivity index (χ1n) is 9.36. The Morgan fingerprint density at radius 3 is 2.03 bits per heavy atom. The van der Waals surface area contributed by atoms with E-state index in [1.165, 1.54) is 0 Å². The number of rotatable bonds is 4. The third-order valence-corrected chi connectivity index (χ3v) is 4.90. The molecule has 3 aromatic carbocycles.